The van der Waals surface area contributed by atoms with Crippen LogP contribution in [0.2, 0.25) is 0 Å². The highest BCUT2D eigenvalue weighted by atomic mass is 32.1. The van der Waals surface area contributed by atoms with Crippen LogP contribution in [0.3, 0.4) is 0 Å². The quantitative estimate of drug-likeness (QED) is 0.227. The second-order valence-electron chi connectivity index (χ2n) is 8.96. The van der Waals surface area contributed by atoms with Gasteiger partial charge in [-0.3, -0.25) is 4.79 Å². The van der Waals surface area contributed by atoms with Gasteiger partial charge in [-0.15, -0.1) is 22.7 Å². The third-order valence-electron chi connectivity index (χ3n) is 6.60. The fourth-order valence-corrected chi connectivity index (χ4v) is 7.05. The number of ether oxygens (including phenoxy) is 1. The van der Waals surface area contributed by atoms with Gasteiger partial charge in [0.25, 0.3) is 5.91 Å². The second kappa shape index (κ2) is 9.84. The van der Waals surface area contributed by atoms with Gasteiger partial charge in [0.1, 0.15) is 32.2 Å². The zero-order chi connectivity index (χ0) is 26.3. The summed E-state index contributed by atoms with van der Waals surface area (Å²) in [6.45, 7) is 1.97. The van der Waals surface area contributed by atoms with Crippen molar-refractivity contribution < 1.29 is 14.3 Å². The minimum atomic E-state index is -0.464. The monoisotopic (exact) mass is 531 g/mol. The number of rotatable bonds is 4. The number of nitriles is 1. The Bertz CT molecular complexity index is 1600. The van der Waals surface area contributed by atoms with Gasteiger partial charge in [0.15, 0.2) is 0 Å². The van der Waals surface area contributed by atoms with E-state index in [0.717, 1.165) is 65.0 Å². The number of aromatic nitrogens is 1. The molecule has 10 heteroatoms. The van der Waals surface area contributed by atoms with Gasteiger partial charge in [-0.2, -0.15) is 5.26 Å². The molecule has 0 fully saturated rings. The summed E-state index contributed by atoms with van der Waals surface area (Å²) in [6, 6.07) is 9.80. The van der Waals surface area contributed by atoms with Crippen LogP contribution in [0.1, 0.15) is 60.9 Å². The van der Waals surface area contributed by atoms with Gasteiger partial charge in [0, 0.05) is 15.8 Å². The highest BCUT2D eigenvalue weighted by Crippen LogP contribution is 2.44. The lowest BCUT2D eigenvalue weighted by Gasteiger charge is -2.10. The largest absolute Gasteiger partial charge is 0.465 e. The zero-order valence-electron chi connectivity index (χ0n) is 20.4. The van der Waals surface area contributed by atoms with Gasteiger partial charge in [-0.25, -0.2) is 9.78 Å². The number of nitrogen functional groups attached to an aromatic ring is 2. The molecule has 188 valence electrons. The molecule has 1 aliphatic rings. The summed E-state index contributed by atoms with van der Waals surface area (Å²) in [5.74, 6) is -0.837. The van der Waals surface area contributed by atoms with Crippen LogP contribution >= 0.6 is 22.7 Å². The molecular formula is C27H25N5O3S2. The van der Waals surface area contributed by atoms with Crippen LogP contribution in [0, 0.1) is 18.3 Å². The SMILES string of the molecule is COC(=O)c1c(NC(=O)c2sc3nc(N)c(C#N)c(-c4ccc(C)cc4)c3c2N)sc2c1CCCCC2. The summed E-state index contributed by atoms with van der Waals surface area (Å²) in [4.78, 5) is 32.4. The molecule has 0 saturated carbocycles. The predicted octanol–water partition coefficient (Wildman–Crippen LogP) is 5.68. The van der Waals surface area contributed by atoms with Crippen LogP contribution in [-0.2, 0) is 17.6 Å². The highest BCUT2D eigenvalue weighted by Gasteiger charge is 2.29. The smallest absolute Gasteiger partial charge is 0.341 e. The van der Waals surface area contributed by atoms with E-state index in [1.54, 1.807) is 0 Å². The molecule has 1 amide bonds. The molecule has 0 saturated heterocycles. The molecule has 4 aromatic rings. The Balaban J connectivity index is 1.62. The number of methoxy groups -OCH3 is 1. The molecule has 3 aromatic heterocycles. The third kappa shape index (κ3) is 4.30. The van der Waals surface area contributed by atoms with E-state index in [4.69, 9.17) is 16.2 Å². The van der Waals surface area contributed by atoms with Crippen LogP contribution in [0.15, 0.2) is 24.3 Å². The molecule has 0 unspecified atom stereocenters. The number of benzene rings is 1. The number of anilines is 3. The van der Waals surface area contributed by atoms with Gasteiger partial charge in [-0.05, 0) is 43.7 Å². The van der Waals surface area contributed by atoms with Crippen molar-refractivity contribution in [2.45, 2.75) is 39.0 Å². The first-order chi connectivity index (χ1) is 17.8. The zero-order valence-corrected chi connectivity index (χ0v) is 22.1. The van der Waals surface area contributed by atoms with Crippen LogP contribution in [-0.4, -0.2) is 24.0 Å². The molecule has 1 aromatic carbocycles. The maximum Gasteiger partial charge on any atom is 0.341 e. The Morgan fingerprint density at radius 1 is 1.11 bits per heavy atom. The van der Waals surface area contributed by atoms with Crippen molar-refractivity contribution in [1.29, 1.82) is 5.26 Å². The van der Waals surface area contributed by atoms with E-state index in [9.17, 15) is 14.9 Å². The number of pyridine rings is 1. The maximum atomic E-state index is 13.5. The molecular weight excluding hydrogens is 506 g/mol. The Morgan fingerprint density at radius 2 is 1.84 bits per heavy atom. The third-order valence-corrected chi connectivity index (χ3v) is 8.91. The minimum absolute atomic E-state index is 0.0776. The topological polar surface area (TPSA) is 144 Å². The number of fused-ring (bicyclic) bond motifs is 2. The fraction of sp³-hybridized carbons (Fsp3) is 0.259. The number of amides is 1. The molecule has 0 spiro atoms. The van der Waals surface area contributed by atoms with E-state index < -0.39 is 11.9 Å². The van der Waals surface area contributed by atoms with Crippen molar-refractivity contribution in [2.24, 2.45) is 0 Å². The van der Waals surface area contributed by atoms with Crippen LogP contribution < -0.4 is 16.8 Å². The van der Waals surface area contributed by atoms with E-state index >= 15 is 0 Å². The van der Waals surface area contributed by atoms with Crippen molar-refractivity contribution in [3.63, 3.8) is 0 Å². The summed E-state index contributed by atoms with van der Waals surface area (Å²) in [5, 5.41) is 13.7. The predicted molar refractivity (Wildman–Crippen MR) is 148 cm³/mol. The van der Waals surface area contributed by atoms with Gasteiger partial charge in [-0.1, -0.05) is 36.2 Å². The van der Waals surface area contributed by atoms with Crippen molar-refractivity contribution in [1.82, 2.24) is 4.98 Å². The molecule has 37 heavy (non-hydrogen) atoms. The number of hydrogen-bond donors (Lipinski definition) is 3. The summed E-state index contributed by atoms with van der Waals surface area (Å²) in [7, 11) is 1.34. The minimum Gasteiger partial charge on any atom is -0.465 e. The van der Waals surface area contributed by atoms with E-state index in [1.807, 2.05) is 31.2 Å². The first-order valence-electron chi connectivity index (χ1n) is 11.9. The molecule has 5 N–H and O–H groups in total. The summed E-state index contributed by atoms with van der Waals surface area (Å²) in [6.07, 6.45) is 4.77. The normalized spacial score (nSPS) is 13.0. The standard InChI is InChI=1S/C27H25N5O3S2/c1-13-8-10-14(11-9-13)18-16(12-28)23(30)31-26-20(18)21(29)22(37-26)24(33)32-25-19(27(34)35-2)15-6-4-3-5-7-17(15)36-25/h8-11H,3-7,29H2,1-2H3,(H2,30,31)(H,32,33). The lowest BCUT2D eigenvalue weighted by Crippen LogP contribution is -2.14. The van der Waals surface area contributed by atoms with E-state index in [1.165, 1.54) is 18.4 Å². The maximum absolute atomic E-state index is 13.5. The van der Waals surface area contributed by atoms with E-state index in [2.05, 4.69) is 16.4 Å². The number of hydrogen-bond acceptors (Lipinski definition) is 9. The Kier molecular flexibility index (Phi) is 6.58. The van der Waals surface area contributed by atoms with E-state index in [-0.39, 0.29) is 21.9 Å². The van der Waals surface area contributed by atoms with Gasteiger partial charge >= 0.3 is 5.97 Å². The number of aryl methyl sites for hydroxylation is 2. The number of carbonyl (C=O) groups is 2. The van der Waals surface area contributed by atoms with Crippen LogP contribution in [0.4, 0.5) is 16.5 Å². The Labute approximate surface area is 221 Å². The first-order valence-corrected chi connectivity index (χ1v) is 13.5. The van der Waals surface area contributed by atoms with E-state index in [0.29, 0.717) is 26.3 Å². The summed E-state index contributed by atoms with van der Waals surface area (Å²) >= 11 is 2.52. The average molecular weight is 532 g/mol. The number of esters is 1. The Hall–Kier alpha value is -3.94. The number of nitrogens with one attached hydrogen (secondary N) is 1. The highest BCUT2D eigenvalue weighted by molar-refractivity contribution is 7.21. The van der Waals surface area contributed by atoms with Gasteiger partial charge in [0.05, 0.1) is 18.4 Å². The molecule has 8 nitrogen and oxygen atoms in total. The Morgan fingerprint density at radius 3 is 2.54 bits per heavy atom. The van der Waals surface area contributed by atoms with Crippen molar-refractivity contribution in [3.8, 4) is 17.2 Å². The van der Waals surface area contributed by atoms with Crippen LogP contribution in [0.25, 0.3) is 21.3 Å². The molecule has 1 aliphatic carbocycles. The van der Waals surface area contributed by atoms with Crippen LogP contribution in [0.5, 0.6) is 0 Å². The summed E-state index contributed by atoms with van der Waals surface area (Å²) in [5.41, 5.74) is 16.9. The van der Waals surface area contributed by atoms with Gasteiger partial charge in [0.2, 0.25) is 0 Å². The first kappa shape index (κ1) is 24.7. The lowest BCUT2D eigenvalue weighted by molar-refractivity contribution is 0.0601. The lowest BCUT2D eigenvalue weighted by atomic mass is 9.96. The number of nitrogens with zero attached hydrogens (tertiary/aromatic N) is 2. The summed E-state index contributed by atoms with van der Waals surface area (Å²) < 4.78 is 5.05. The van der Waals surface area contributed by atoms with Crippen molar-refractivity contribution in [3.05, 3.63) is 56.3 Å². The fourth-order valence-electron chi connectivity index (χ4n) is 4.77. The average Bonchev–Trinajstić information content (AvgIpc) is 3.29. The van der Waals surface area contributed by atoms with Crippen molar-refractivity contribution in [2.75, 3.05) is 23.9 Å². The molecule has 0 aliphatic heterocycles. The second-order valence-corrected chi connectivity index (χ2v) is 11.1. The molecule has 0 radical (unpaired) electrons. The molecule has 3 heterocycles. The molecule has 0 bridgehead atoms. The molecule has 0 atom stereocenters. The number of carbonyl (C=O) groups excluding carboxylic acids is 2. The number of nitrogens with two attached hydrogens (primary N) is 2. The number of thiophene rings is 2. The van der Waals surface area contributed by atoms with Gasteiger partial charge < -0.3 is 21.5 Å². The molecule has 5 rings (SSSR count). The van der Waals surface area contributed by atoms with Crippen molar-refractivity contribution >= 4 is 61.3 Å².